The number of methoxy groups -OCH3 is 1. The predicted octanol–water partition coefficient (Wildman–Crippen LogP) is 4.34. The lowest BCUT2D eigenvalue weighted by Gasteiger charge is -2.29. The monoisotopic (exact) mass is 388 g/mol. The zero-order valence-corrected chi connectivity index (χ0v) is 16.9. The molecule has 0 bridgehead atoms. The summed E-state index contributed by atoms with van der Waals surface area (Å²) in [4.78, 5) is 15.3. The van der Waals surface area contributed by atoms with Crippen molar-refractivity contribution < 1.29 is 9.53 Å². The molecule has 29 heavy (non-hydrogen) atoms. The average Bonchev–Trinajstić information content (AvgIpc) is 3.29. The minimum atomic E-state index is 0.0560. The van der Waals surface area contributed by atoms with Crippen molar-refractivity contribution in [2.45, 2.75) is 25.3 Å². The number of carbonyl (C=O) groups is 1. The summed E-state index contributed by atoms with van der Waals surface area (Å²) < 4.78 is 5.60. The van der Waals surface area contributed by atoms with Crippen molar-refractivity contribution in [3.8, 4) is 5.75 Å². The number of nitrogens with zero attached hydrogens (tertiary/aromatic N) is 1. The van der Waals surface area contributed by atoms with Crippen molar-refractivity contribution in [1.29, 1.82) is 0 Å². The smallest absolute Gasteiger partial charge is 0.224 e. The minimum absolute atomic E-state index is 0.0560. The molecule has 1 amide bonds. The van der Waals surface area contributed by atoms with Gasteiger partial charge >= 0.3 is 0 Å². The second-order valence-electron chi connectivity index (χ2n) is 7.62. The molecule has 1 saturated heterocycles. The van der Waals surface area contributed by atoms with Gasteiger partial charge in [-0.1, -0.05) is 60.7 Å². The number of carbonyl (C=O) groups excluding carboxylic acids is 1. The molecule has 0 aliphatic carbocycles. The van der Waals surface area contributed by atoms with E-state index >= 15 is 0 Å². The van der Waals surface area contributed by atoms with Gasteiger partial charge in [0.05, 0.1) is 19.6 Å². The van der Waals surface area contributed by atoms with Gasteiger partial charge in [0.1, 0.15) is 5.75 Å². The molecule has 0 aromatic heterocycles. The maximum absolute atomic E-state index is 12.8. The molecule has 4 heteroatoms. The molecular formula is C25H28N2O2. The normalized spacial score (nSPS) is 15.3. The molecular weight excluding hydrogens is 360 g/mol. The highest BCUT2D eigenvalue weighted by molar-refractivity contribution is 5.90. The fraction of sp³-hybridized carbons (Fsp3) is 0.320. The van der Waals surface area contributed by atoms with Gasteiger partial charge in [-0.3, -0.25) is 9.69 Å². The SMILES string of the molecule is COc1ccccc1[C@H](CNC(=O)Cc1cccc2ccccc12)N1CCCC1. The Morgan fingerprint density at radius 2 is 1.72 bits per heavy atom. The van der Waals surface area contributed by atoms with Crippen LogP contribution in [-0.4, -0.2) is 37.6 Å². The number of nitrogens with one attached hydrogen (secondary N) is 1. The van der Waals surface area contributed by atoms with Gasteiger partial charge in [-0.2, -0.15) is 0 Å². The van der Waals surface area contributed by atoms with Gasteiger partial charge in [0, 0.05) is 12.1 Å². The molecule has 3 aromatic rings. The van der Waals surface area contributed by atoms with Crippen LogP contribution in [0.2, 0.25) is 0 Å². The standard InChI is InChI=1S/C25H28N2O2/c1-29-24-14-5-4-13-22(24)23(27-15-6-7-16-27)18-26-25(28)17-20-11-8-10-19-9-2-3-12-21(19)20/h2-5,8-14,23H,6-7,15-18H2,1H3,(H,26,28)/t23-/m0/s1. The summed E-state index contributed by atoms with van der Waals surface area (Å²) in [5, 5.41) is 5.50. The Morgan fingerprint density at radius 1 is 1.00 bits per heavy atom. The van der Waals surface area contributed by atoms with Crippen LogP contribution in [0.1, 0.15) is 30.0 Å². The molecule has 1 N–H and O–H groups in total. The second kappa shape index (κ2) is 9.10. The Balaban J connectivity index is 1.49. The Kier molecular flexibility index (Phi) is 6.11. The van der Waals surface area contributed by atoms with Crippen molar-refractivity contribution in [3.05, 3.63) is 77.9 Å². The van der Waals surface area contributed by atoms with Gasteiger partial charge < -0.3 is 10.1 Å². The average molecular weight is 389 g/mol. The van der Waals surface area contributed by atoms with Crippen molar-refractivity contribution in [2.75, 3.05) is 26.7 Å². The zero-order chi connectivity index (χ0) is 20.1. The topological polar surface area (TPSA) is 41.6 Å². The van der Waals surface area contributed by atoms with Crippen LogP contribution in [0.5, 0.6) is 5.75 Å². The maximum atomic E-state index is 12.8. The predicted molar refractivity (Wildman–Crippen MR) is 117 cm³/mol. The summed E-state index contributed by atoms with van der Waals surface area (Å²) in [5.41, 5.74) is 2.21. The van der Waals surface area contributed by atoms with E-state index in [1.807, 2.05) is 42.5 Å². The number of fused-ring (bicyclic) bond motifs is 1. The molecule has 150 valence electrons. The number of benzene rings is 3. The van der Waals surface area contributed by atoms with Gasteiger partial charge in [0.2, 0.25) is 5.91 Å². The maximum Gasteiger partial charge on any atom is 0.224 e. The van der Waals surface area contributed by atoms with Crippen LogP contribution in [0.3, 0.4) is 0 Å². The third-order valence-corrected chi connectivity index (χ3v) is 5.80. The summed E-state index contributed by atoms with van der Waals surface area (Å²) in [6, 6.07) is 22.6. The fourth-order valence-corrected chi connectivity index (χ4v) is 4.32. The third kappa shape index (κ3) is 4.43. The first kappa shape index (κ1) is 19.5. The first-order valence-electron chi connectivity index (χ1n) is 10.4. The molecule has 3 aromatic carbocycles. The van der Waals surface area contributed by atoms with Gasteiger partial charge in [-0.15, -0.1) is 0 Å². The minimum Gasteiger partial charge on any atom is -0.496 e. The number of hydrogen-bond donors (Lipinski definition) is 1. The van der Waals surface area contributed by atoms with Gasteiger partial charge in [-0.25, -0.2) is 0 Å². The quantitative estimate of drug-likeness (QED) is 0.654. The summed E-state index contributed by atoms with van der Waals surface area (Å²) in [5.74, 6) is 0.938. The summed E-state index contributed by atoms with van der Waals surface area (Å²) in [6.45, 7) is 2.70. The molecule has 0 spiro atoms. The van der Waals surface area contributed by atoms with E-state index in [-0.39, 0.29) is 11.9 Å². The lowest BCUT2D eigenvalue weighted by molar-refractivity contribution is -0.120. The van der Waals surface area contributed by atoms with E-state index in [1.165, 1.54) is 18.2 Å². The van der Waals surface area contributed by atoms with Crippen molar-refractivity contribution in [1.82, 2.24) is 10.2 Å². The largest absolute Gasteiger partial charge is 0.496 e. The van der Waals surface area contributed by atoms with E-state index in [0.29, 0.717) is 13.0 Å². The molecule has 1 heterocycles. The van der Waals surface area contributed by atoms with Crippen LogP contribution < -0.4 is 10.1 Å². The van der Waals surface area contributed by atoms with Crippen LogP contribution in [0.15, 0.2) is 66.7 Å². The molecule has 1 fully saturated rings. The highest BCUT2D eigenvalue weighted by atomic mass is 16.5. The first-order chi connectivity index (χ1) is 14.3. The molecule has 0 radical (unpaired) electrons. The summed E-state index contributed by atoms with van der Waals surface area (Å²) in [7, 11) is 1.71. The van der Waals surface area contributed by atoms with Crippen LogP contribution in [0.4, 0.5) is 0 Å². The Labute approximate surface area is 172 Å². The van der Waals surface area contributed by atoms with E-state index in [1.54, 1.807) is 7.11 Å². The number of rotatable bonds is 7. The van der Waals surface area contributed by atoms with Crippen LogP contribution in [-0.2, 0) is 11.2 Å². The van der Waals surface area contributed by atoms with E-state index in [2.05, 4.69) is 34.5 Å². The third-order valence-electron chi connectivity index (χ3n) is 5.80. The molecule has 1 aliphatic heterocycles. The highest BCUT2D eigenvalue weighted by Crippen LogP contribution is 2.31. The fourth-order valence-electron chi connectivity index (χ4n) is 4.32. The number of likely N-dealkylation sites (tertiary alicyclic amines) is 1. The zero-order valence-electron chi connectivity index (χ0n) is 16.9. The number of hydrogen-bond acceptors (Lipinski definition) is 3. The lowest BCUT2D eigenvalue weighted by atomic mass is 10.0. The van der Waals surface area contributed by atoms with E-state index in [9.17, 15) is 4.79 Å². The van der Waals surface area contributed by atoms with E-state index in [0.717, 1.165) is 35.4 Å². The van der Waals surface area contributed by atoms with Gasteiger partial charge in [0.15, 0.2) is 0 Å². The summed E-state index contributed by atoms with van der Waals surface area (Å²) in [6.07, 6.45) is 2.80. The number of amides is 1. The van der Waals surface area contributed by atoms with Crippen LogP contribution >= 0.6 is 0 Å². The molecule has 0 unspecified atom stereocenters. The van der Waals surface area contributed by atoms with Crippen molar-refractivity contribution in [3.63, 3.8) is 0 Å². The van der Waals surface area contributed by atoms with Crippen molar-refractivity contribution in [2.24, 2.45) is 0 Å². The van der Waals surface area contributed by atoms with Crippen LogP contribution in [0.25, 0.3) is 10.8 Å². The Hall–Kier alpha value is -2.85. The molecule has 1 aliphatic rings. The van der Waals surface area contributed by atoms with Crippen molar-refractivity contribution >= 4 is 16.7 Å². The molecule has 1 atom stereocenters. The van der Waals surface area contributed by atoms with E-state index in [4.69, 9.17) is 4.74 Å². The lowest BCUT2D eigenvalue weighted by Crippen LogP contribution is -2.37. The van der Waals surface area contributed by atoms with E-state index < -0.39 is 0 Å². The summed E-state index contributed by atoms with van der Waals surface area (Å²) >= 11 is 0. The molecule has 4 rings (SSSR count). The van der Waals surface area contributed by atoms with Gasteiger partial charge in [0.25, 0.3) is 0 Å². The van der Waals surface area contributed by atoms with Crippen LogP contribution in [0, 0.1) is 0 Å². The van der Waals surface area contributed by atoms with Gasteiger partial charge in [-0.05, 0) is 48.3 Å². The second-order valence-corrected chi connectivity index (χ2v) is 7.62. The number of para-hydroxylation sites is 1. The Morgan fingerprint density at radius 3 is 2.55 bits per heavy atom. The highest BCUT2D eigenvalue weighted by Gasteiger charge is 2.26. The number of ether oxygens (including phenoxy) is 1. The molecule has 4 nitrogen and oxygen atoms in total. The molecule has 0 saturated carbocycles. The Bertz CT molecular complexity index is 974. The first-order valence-corrected chi connectivity index (χ1v) is 10.4.